The van der Waals surface area contributed by atoms with Gasteiger partial charge in [-0.3, -0.25) is 4.79 Å². The van der Waals surface area contributed by atoms with Gasteiger partial charge in [-0.2, -0.15) is 11.8 Å². The molecule has 0 unspecified atom stereocenters. The molecule has 0 saturated heterocycles. The third-order valence-corrected chi connectivity index (χ3v) is 4.10. The van der Waals surface area contributed by atoms with Gasteiger partial charge in [0.2, 0.25) is 0 Å². The van der Waals surface area contributed by atoms with Crippen LogP contribution in [0.3, 0.4) is 0 Å². The first-order chi connectivity index (χ1) is 10.1. The van der Waals surface area contributed by atoms with Crippen LogP contribution in [0.15, 0.2) is 48.5 Å². The number of amides is 1. The number of carbonyl (C=O) groups excluding carboxylic acids is 1. The van der Waals surface area contributed by atoms with Gasteiger partial charge in [-0.05, 0) is 42.0 Å². The maximum absolute atomic E-state index is 12.7. The van der Waals surface area contributed by atoms with Crippen molar-refractivity contribution < 1.29 is 9.18 Å². The molecule has 0 fully saturated rings. The van der Waals surface area contributed by atoms with Crippen molar-refractivity contribution in [2.24, 2.45) is 0 Å². The van der Waals surface area contributed by atoms with Gasteiger partial charge in [0.15, 0.2) is 0 Å². The summed E-state index contributed by atoms with van der Waals surface area (Å²) in [5, 5.41) is 3.54. The van der Waals surface area contributed by atoms with Gasteiger partial charge in [0.1, 0.15) is 5.82 Å². The molecule has 0 bridgehead atoms. The molecule has 21 heavy (non-hydrogen) atoms. The van der Waals surface area contributed by atoms with Crippen LogP contribution in [0.4, 0.5) is 4.39 Å². The highest BCUT2D eigenvalue weighted by molar-refractivity contribution is 7.98. The molecule has 0 aromatic heterocycles. The van der Waals surface area contributed by atoms with E-state index in [9.17, 15) is 9.18 Å². The maximum Gasteiger partial charge on any atom is 0.251 e. The second-order valence-electron chi connectivity index (χ2n) is 4.44. The van der Waals surface area contributed by atoms with Crippen LogP contribution >= 0.6 is 23.4 Å². The minimum Gasteiger partial charge on any atom is -0.351 e. The molecular formula is C16H15ClFNOS. The van der Waals surface area contributed by atoms with Crippen molar-refractivity contribution in [2.45, 2.75) is 5.75 Å². The lowest BCUT2D eigenvalue weighted by Crippen LogP contribution is -2.25. The van der Waals surface area contributed by atoms with E-state index in [1.807, 2.05) is 24.3 Å². The first-order valence-corrected chi connectivity index (χ1v) is 8.04. The van der Waals surface area contributed by atoms with Crippen molar-refractivity contribution in [1.29, 1.82) is 0 Å². The van der Waals surface area contributed by atoms with Crippen LogP contribution < -0.4 is 5.32 Å². The van der Waals surface area contributed by atoms with E-state index in [0.717, 1.165) is 16.5 Å². The van der Waals surface area contributed by atoms with Crippen LogP contribution in [-0.4, -0.2) is 18.2 Å². The van der Waals surface area contributed by atoms with E-state index in [-0.39, 0.29) is 11.7 Å². The molecule has 0 atom stereocenters. The number of hydrogen-bond acceptors (Lipinski definition) is 2. The van der Waals surface area contributed by atoms with Gasteiger partial charge in [-0.15, -0.1) is 0 Å². The summed E-state index contributed by atoms with van der Waals surface area (Å²) in [7, 11) is 0. The average Bonchev–Trinajstić information content (AvgIpc) is 2.49. The molecule has 2 rings (SSSR count). The zero-order chi connectivity index (χ0) is 15.1. The van der Waals surface area contributed by atoms with Gasteiger partial charge in [0, 0.05) is 28.6 Å². The Bertz CT molecular complexity index is 586. The second kappa shape index (κ2) is 8.05. The predicted octanol–water partition coefficient (Wildman–Crippen LogP) is 4.14. The number of nitrogens with one attached hydrogen (secondary N) is 1. The van der Waals surface area contributed by atoms with E-state index in [1.165, 1.54) is 29.8 Å². The molecule has 5 heteroatoms. The molecule has 0 aliphatic heterocycles. The summed E-state index contributed by atoms with van der Waals surface area (Å²) in [6, 6.07) is 13.2. The topological polar surface area (TPSA) is 29.1 Å². The first kappa shape index (κ1) is 15.9. The quantitative estimate of drug-likeness (QED) is 0.809. The van der Waals surface area contributed by atoms with Crippen LogP contribution in [0, 0.1) is 5.82 Å². The molecule has 0 aliphatic rings. The van der Waals surface area contributed by atoms with Crippen LogP contribution in [0.1, 0.15) is 15.9 Å². The molecule has 0 heterocycles. The SMILES string of the molecule is O=C(NCCSCc1ccc(Cl)cc1)c1ccc(F)cc1. The van der Waals surface area contributed by atoms with Gasteiger partial charge in [0.25, 0.3) is 5.91 Å². The monoisotopic (exact) mass is 323 g/mol. The van der Waals surface area contributed by atoms with Crippen LogP contribution in [0.25, 0.3) is 0 Å². The summed E-state index contributed by atoms with van der Waals surface area (Å²) < 4.78 is 12.7. The number of carbonyl (C=O) groups is 1. The van der Waals surface area contributed by atoms with Crippen LogP contribution in [-0.2, 0) is 5.75 Å². The van der Waals surface area contributed by atoms with E-state index in [1.54, 1.807) is 11.8 Å². The van der Waals surface area contributed by atoms with E-state index in [2.05, 4.69) is 5.32 Å². The molecule has 2 nitrogen and oxygen atoms in total. The minimum absolute atomic E-state index is 0.179. The standard InChI is InChI=1S/C16H15ClFNOS/c17-14-5-1-12(2-6-14)11-21-10-9-19-16(20)13-3-7-15(18)8-4-13/h1-8H,9-11H2,(H,19,20). The molecule has 1 N–H and O–H groups in total. The Balaban J connectivity index is 1.66. The van der Waals surface area contributed by atoms with Gasteiger partial charge in [0.05, 0.1) is 0 Å². The number of rotatable bonds is 6. The Morgan fingerprint density at radius 1 is 1.10 bits per heavy atom. The molecule has 0 saturated carbocycles. The lowest BCUT2D eigenvalue weighted by atomic mass is 10.2. The minimum atomic E-state index is -0.343. The summed E-state index contributed by atoms with van der Waals surface area (Å²) >= 11 is 7.55. The van der Waals surface area contributed by atoms with Gasteiger partial charge in [-0.25, -0.2) is 4.39 Å². The smallest absolute Gasteiger partial charge is 0.251 e. The normalized spacial score (nSPS) is 10.4. The van der Waals surface area contributed by atoms with Gasteiger partial charge in [-0.1, -0.05) is 23.7 Å². The first-order valence-electron chi connectivity index (χ1n) is 6.51. The highest BCUT2D eigenvalue weighted by atomic mass is 35.5. The molecule has 0 aliphatic carbocycles. The Labute approximate surface area is 132 Å². The predicted molar refractivity (Wildman–Crippen MR) is 86.3 cm³/mol. The van der Waals surface area contributed by atoms with Crippen LogP contribution in [0.2, 0.25) is 5.02 Å². The van der Waals surface area contributed by atoms with E-state index in [0.29, 0.717) is 12.1 Å². The summed E-state index contributed by atoms with van der Waals surface area (Å²) in [5.41, 5.74) is 1.67. The summed E-state index contributed by atoms with van der Waals surface area (Å²) in [6.45, 7) is 0.578. The molecule has 2 aromatic carbocycles. The molecule has 110 valence electrons. The fourth-order valence-corrected chi connectivity index (χ4v) is 2.66. The van der Waals surface area contributed by atoms with Gasteiger partial charge < -0.3 is 5.32 Å². The molecule has 0 spiro atoms. The fraction of sp³-hybridized carbons (Fsp3) is 0.188. The van der Waals surface area contributed by atoms with E-state index >= 15 is 0 Å². The zero-order valence-corrected chi connectivity index (χ0v) is 12.9. The van der Waals surface area contributed by atoms with Crippen molar-refractivity contribution >= 4 is 29.3 Å². The van der Waals surface area contributed by atoms with E-state index in [4.69, 9.17) is 11.6 Å². The second-order valence-corrected chi connectivity index (χ2v) is 5.98. The van der Waals surface area contributed by atoms with Crippen molar-refractivity contribution in [2.75, 3.05) is 12.3 Å². The molecule has 2 aromatic rings. The lowest BCUT2D eigenvalue weighted by molar-refractivity contribution is 0.0956. The lowest BCUT2D eigenvalue weighted by Gasteiger charge is -2.05. The van der Waals surface area contributed by atoms with E-state index < -0.39 is 0 Å². The zero-order valence-electron chi connectivity index (χ0n) is 11.3. The van der Waals surface area contributed by atoms with Gasteiger partial charge >= 0.3 is 0 Å². The third kappa shape index (κ3) is 5.40. The average molecular weight is 324 g/mol. The summed E-state index contributed by atoms with van der Waals surface area (Å²) in [6.07, 6.45) is 0. The largest absolute Gasteiger partial charge is 0.351 e. The van der Waals surface area contributed by atoms with Crippen molar-refractivity contribution in [1.82, 2.24) is 5.32 Å². The number of halogens is 2. The summed E-state index contributed by atoms with van der Waals surface area (Å²) in [5.74, 6) is 1.17. The third-order valence-electron chi connectivity index (χ3n) is 2.82. The summed E-state index contributed by atoms with van der Waals surface area (Å²) in [4.78, 5) is 11.8. The van der Waals surface area contributed by atoms with Crippen LogP contribution in [0.5, 0.6) is 0 Å². The highest BCUT2D eigenvalue weighted by Crippen LogP contribution is 2.15. The molecular weight excluding hydrogens is 309 g/mol. The highest BCUT2D eigenvalue weighted by Gasteiger charge is 2.04. The van der Waals surface area contributed by atoms with Crippen molar-refractivity contribution in [3.05, 3.63) is 70.5 Å². The molecule has 0 radical (unpaired) electrons. The Kier molecular flexibility index (Phi) is 6.08. The van der Waals surface area contributed by atoms with Crippen molar-refractivity contribution in [3.63, 3.8) is 0 Å². The molecule has 1 amide bonds. The maximum atomic E-state index is 12.7. The fourth-order valence-electron chi connectivity index (χ4n) is 1.71. The number of thioether (sulfide) groups is 1. The Morgan fingerprint density at radius 2 is 1.76 bits per heavy atom. The van der Waals surface area contributed by atoms with Crippen molar-refractivity contribution in [3.8, 4) is 0 Å². The Morgan fingerprint density at radius 3 is 2.43 bits per heavy atom. The Hall–Kier alpha value is -1.52. The number of hydrogen-bond donors (Lipinski definition) is 1. The number of benzene rings is 2.